The molecule has 0 aliphatic heterocycles. The molecule has 1 aromatic rings. The summed E-state index contributed by atoms with van der Waals surface area (Å²) in [4.78, 5) is 0. The van der Waals surface area contributed by atoms with E-state index in [4.69, 9.17) is 5.26 Å². The molecule has 0 amide bonds. The highest BCUT2D eigenvalue weighted by atomic mass is 32.2. The van der Waals surface area contributed by atoms with Crippen molar-refractivity contribution in [1.82, 2.24) is 0 Å². The zero-order valence-corrected chi connectivity index (χ0v) is 16.9. The van der Waals surface area contributed by atoms with Gasteiger partial charge in [0.1, 0.15) is 5.75 Å². The number of nitrogens with zero attached hydrogens (tertiary/aromatic N) is 1. The lowest BCUT2D eigenvalue weighted by Crippen LogP contribution is -2.41. The molecule has 0 aromatic heterocycles. The molecule has 4 nitrogen and oxygen atoms in total. The molecule has 3 aliphatic carbocycles. The van der Waals surface area contributed by atoms with Crippen LogP contribution < -0.4 is 4.18 Å². The molecule has 0 radical (unpaired) electrons. The Balaban J connectivity index is 1.57. The van der Waals surface area contributed by atoms with E-state index in [0.29, 0.717) is 30.6 Å². The molecule has 1 aromatic carbocycles. The standard InChI is InChI=1S/C21H24F3NO3S/c22-21(23,24)29(26,27)28-15-5-7-16-14(13-15)4-6-18-17(16)8-11-20(10-2-12-25)9-1-3-19(18)20/h5,7,13,17-19H,1-4,6,8-11H2/t17-,18-,19+,20-/m1/s1. The third-order valence-corrected chi connectivity index (χ3v) is 8.43. The van der Waals surface area contributed by atoms with Gasteiger partial charge in [-0.3, -0.25) is 0 Å². The first-order valence-electron chi connectivity index (χ1n) is 10.2. The lowest BCUT2D eigenvalue weighted by Gasteiger charge is -2.50. The first-order chi connectivity index (χ1) is 13.7. The smallest absolute Gasteiger partial charge is 0.376 e. The average Bonchev–Trinajstić information content (AvgIpc) is 3.09. The van der Waals surface area contributed by atoms with E-state index in [9.17, 15) is 21.6 Å². The molecule has 4 rings (SSSR count). The fraction of sp³-hybridized carbons (Fsp3) is 0.667. The first-order valence-corrected chi connectivity index (χ1v) is 11.6. The Morgan fingerprint density at radius 3 is 2.72 bits per heavy atom. The van der Waals surface area contributed by atoms with Crippen LogP contribution in [0.25, 0.3) is 0 Å². The number of hydrogen-bond donors (Lipinski definition) is 0. The molecule has 0 bridgehead atoms. The maximum Gasteiger partial charge on any atom is 0.534 e. The summed E-state index contributed by atoms with van der Waals surface area (Å²) in [6.07, 6.45) is 8.90. The number of benzene rings is 1. The molecule has 3 aliphatic rings. The van der Waals surface area contributed by atoms with Gasteiger partial charge in [-0.05, 0) is 91.4 Å². The molecule has 2 saturated carbocycles. The largest absolute Gasteiger partial charge is 0.534 e. The van der Waals surface area contributed by atoms with Gasteiger partial charge in [0.2, 0.25) is 0 Å². The molecular formula is C21H24F3NO3S. The Labute approximate surface area is 169 Å². The summed E-state index contributed by atoms with van der Waals surface area (Å²) < 4.78 is 64.7. The van der Waals surface area contributed by atoms with Crippen molar-refractivity contribution in [2.75, 3.05) is 0 Å². The van der Waals surface area contributed by atoms with Crippen molar-refractivity contribution >= 4 is 10.1 Å². The Morgan fingerprint density at radius 1 is 1.21 bits per heavy atom. The van der Waals surface area contributed by atoms with Crippen LogP contribution >= 0.6 is 0 Å². The minimum atomic E-state index is -5.66. The third-order valence-electron chi connectivity index (χ3n) is 7.45. The van der Waals surface area contributed by atoms with Gasteiger partial charge in [-0.2, -0.15) is 26.9 Å². The van der Waals surface area contributed by atoms with E-state index >= 15 is 0 Å². The fourth-order valence-electron chi connectivity index (χ4n) is 6.32. The molecule has 0 heterocycles. The number of aryl methyl sites for hydroxylation is 1. The lowest BCUT2D eigenvalue weighted by atomic mass is 9.54. The van der Waals surface area contributed by atoms with Crippen LogP contribution in [0.2, 0.25) is 0 Å². The number of rotatable bonds is 4. The van der Waals surface area contributed by atoms with E-state index in [1.165, 1.54) is 31.4 Å². The number of nitriles is 1. The normalized spacial score (nSPS) is 31.3. The topological polar surface area (TPSA) is 67.2 Å². The highest BCUT2D eigenvalue weighted by molar-refractivity contribution is 7.88. The minimum Gasteiger partial charge on any atom is -0.376 e. The van der Waals surface area contributed by atoms with Gasteiger partial charge >= 0.3 is 15.6 Å². The molecule has 0 saturated heterocycles. The van der Waals surface area contributed by atoms with Crippen LogP contribution in [-0.2, 0) is 16.5 Å². The van der Waals surface area contributed by atoms with Gasteiger partial charge in [0.15, 0.2) is 0 Å². The van der Waals surface area contributed by atoms with Gasteiger partial charge in [0.05, 0.1) is 6.07 Å². The zero-order chi connectivity index (χ0) is 20.9. The summed E-state index contributed by atoms with van der Waals surface area (Å²) in [5.41, 5.74) is -3.15. The predicted octanol–water partition coefficient (Wildman–Crippen LogP) is 5.45. The Hall–Kier alpha value is -1.75. The zero-order valence-electron chi connectivity index (χ0n) is 16.0. The van der Waals surface area contributed by atoms with Crippen LogP contribution in [0.15, 0.2) is 18.2 Å². The van der Waals surface area contributed by atoms with Crippen LogP contribution in [0.3, 0.4) is 0 Å². The van der Waals surface area contributed by atoms with E-state index in [0.717, 1.165) is 36.8 Å². The predicted molar refractivity (Wildman–Crippen MR) is 100 cm³/mol. The average molecular weight is 427 g/mol. The SMILES string of the molecule is N#CCC[C@@]12CCC[C@H]1[C@@H]1CCc3cc(OS(=O)(=O)C(F)(F)F)ccc3[C@H]1CC2. The fourth-order valence-corrected chi connectivity index (χ4v) is 6.77. The van der Waals surface area contributed by atoms with Crippen LogP contribution in [0, 0.1) is 28.6 Å². The van der Waals surface area contributed by atoms with Gasteiger partial charge < -0.3 is 4.18 Å². The van der Waals surface area contributed by atoms with E-state index in [1.807, 2.05) is 0 Å². The van der Waals surface area contributed by atoms with Crippen molar-refractivity contribution in [3.8, 4) is 11.8 Å². The second-order valence-corrected chi connectivity index (χ2v) is 10.2. The number of hydrogen-bond acceptors (Lipinski definition) is 4. The summed E-state index contributed by atoms with van der Waals surface area (Å²) in [6, 6.07) is 6.86. The molecule has 4 atom stereocenters. The van der Waals surface area contributed by atoms with Crippen LogP contribution in [0.4, 0.5) is 13.2 Å². The van der Waals surface area contributed by atoms with Gasteiger partial charge in [0.25, 0.3) is 0 Å². The molecular weight excluding hydrogens is 403 g/mol. The van der Waals surface area contributed by atoms with Crippen molar-refractivity contribution in [3.63, 3.8) is 0 Å². The Kier molecular flexibility index (Phi) is 5.09. The Morgan fingerprint density at radius 2 is 2.00 bits per heavy atom. The van der Waals surface area contributed by atoms with Crippen molar-refractivity contribution in [2.24, 2.45) is 17.3 Å². The second-order valence-electron chi connectivity index (χ2n) is 8.71. The van der Waals surface area contributed by atoms with Crippen LogP contribution in [0.1, 0.15) is 68.4 Å². The van der Waals surface area contributed by atoms with Gasteiger partial charge in [-0.15, -0.1) is 0 Å². The quantitative estimate of drug-likeness (QED) is 0.474. The summed E-state index contributed by atoms with van der Waals surface area (Å²) in [7, 11) is -5.66. The molecule has 8 heteroatoms. The summed E-state index contributed by atoms with van der Waals surface area (Å²) in [6.45, 7) is 0. The van der Waals surface area contributed by atoms with E-state index in [-0.39, 0.29) is 11.2 Å². The van der Waals surface area contributed by atoms with Gasteiger partial charge in [-0.25, -0.2) is 0 Å². The molecule has 2 fully saturated rings. The lowest BCUT2D eigenvalue weighted by molar-refractivity contribution is -0.0500. The second kappa shape index (κ2) is 7.19. The molecule has 0 unspecified atom stereocenters. The highest BCUT2D eigenvalue weighted by Gasteiger charge is 2.52. The van der Waals surface area contributed by atoms with Crippen molar-refractivity contribution in [3.05, 3.63) is 29.3 Å². The number of alkyl halides is 3. The number of halogens is 3. The molecule has 29 heavy (non-hydrogen) atoms. The van der Waals surface area contributed by atoms with Crippen LogP contribution in [0.5, 0.6) is 5.75 Å². The van der Waals surface area contributed by atoms with E-state index < -0.39 is 15.6 Å². The number of fused-ring (bicyclic) bond motifs is 5. The van der Waals surface area contributed by atoms with Crippen LogP contribution in [-0.4, -0.2) is 13.9 Å². The highest BCUT2D eigenvalue weighted by Crippen LogP contribution is 2.62. The monoisotopic (exact) mass is 427 g/mol. The molecule has 0 N–H and O–H groups in total. The van der Waals surface area contributed by atoms with Gasteiger partial charge in [-0.1, -0.05) is 12.5 Å². The van der Waals surface area contributed by atoms with E-state index in [1.54, 1.807) is 6.07 Å². The van der Waals surface area contributed by atoms with Crippen molar-refractivity contribution in [1.29, 1.82) is 5.26 Å². The summed E-state index contributed by atoms with van der Waals surface area (Å²) in [5, 5.41) is 9.06. The maximum atomic E-state index is 12.6. The van der Waals surface area contributed by atoms with Crippen molar-refractivity contribution in [2.45, 2.75) is 69.2 Å². The third kappa shape index (κ3) is 3.52. The summed E-state index contributed by atoms with van der Waals surface area (Å²) >= 11 is 0. The minimum absolute atomic E-state index is 0.276. The first kappa shape index (κ1) is 20.5. The summed E-state index contributed by atoms with van der Waals surface area (Å²) in [5.74, 6) is 1.21. The molecule has 0 spiro atoms. The maximum absolute atomic E-state index is 12.6. The Bertz CT molecular complexity index is 937. The van der Waals surface area contributed by atoms with E-state index in [2.05, 4.69) is 10.3 Å². The molecule has 158 valence electrons. The van der Waals surface area contributed by atoms with Crippen molar-refractivity contribution < 1.29 is 25.8 Å². The van der Waals surface area contributed by atoms with Gasteiger partial charge in [0, 0.05) is 6.42 Å².